The normalized spacial score (nSPS) is 10.4. The van der Waals surface area contributed by atoms with E-state index in [9.17, 15) is 9.18 Å². The van der Waals surface area contributed by atoms with Crippen LogP contribution in [-0.2, 0) is 0 Å². The van der Waals surface area contributed by atoms with Crippen LogP contribution in [0.1, 0.15) is 15.9 Å². The van der Waals surface area contributed by atoms with Crippen LogP contribution in [0.25, 0.3) is 0 Å². The van der Waals surface area contributed by atoms with Crippen LogP contribution in [-0.4, -0.2) is 5.91 Å². The van der Waals surface area contributed by atoms with E-state index in [0.29, 0.717) is 15.7 Å². The van der Waals surface area contributed by atoms with Crippen molar-refractivity contribution >= 4 is 50.7 Å². The van der Waals surface area contributed by atoms with Crippen LogP contribution in [0.5, 0.6) is 0 Å². The molecular weight excluding hydrogens is 368 g/mol. The van der Waals surface area contributed by atoms with Gasteiger partial charge in [0.2, 0.25) is 0 Å². The molecule has 1 amide bonds. The van der Waals surface area contributed by atoms with E-state index in [1.807, 2.05) is 0 Å². The lowest BCUT2D eigenvalue weighted by Crippen LogP contribution is -2.14. The van der Waals surface area contributed by atoms with E-state index in [0.717, 1.165) is 5.56 Å². The molecule has 104 valence electrons. The Kier molecular flexibility index (Phi) is 4.68. The van der Waals surface area contributed by atoms with Gasteiger partial charge in [0.05, 0.1) is 20.7 Å². The van der Waals surface area contributed by atoms with Crippen molar-refractivity contribution in [3.05, 3.63) is 61.8 Å². The lowest BCUT2D eigenvalue weighted by molar-refractivity contribution is 0.102. The van der Waals surface area contributed by atoms with Crippen molar-refractivity contribution < 1.29 is 9.18 Å². The summed E-state index contributed by atoms with van der Waals surface area (Å²) >= 11 is 15.0. The first-order valence-electron chi connectivity index (χ1n) is 5.61. The summed E-state index contributed by atoms with van der Waals surface area (Å²) in [7, 11) is 0. The average molecular weight is 377 g/mol. The zero-order valence-electron chi connectivity index (χ0n) is 10.3. The average Bonchev–Trinajstić information content (AvgIpc) is 2.39. The van der Waals surface area contributed by atoms with Crippen molar-refractivity contribution in [2.45, 2.75) is 6.92 Å². The van der Waals surface area contributed by atoms with Crippen molar-refractivity contribution in [1.82, 2.24) is 0 Å². The van der Waals surface area contributed by atoms with E-state index in [-0.39, 0.29) is 10.0 Å². The molecule has 0 aliphatic carbocycles. The van der Waals surface area contributed by atoms with E-state index in [1.54, 1.807) is 19.1 Å². The number of hydrogen-bond acceptors (Lipinski definition) is 1. The molecule has 0 unspecified atom stereocenters. The van der Waals surface area contributed by atoms with Crippen molar-refractivity contribution in [2.75, 3.05) is 5.32 Å². The Morgan fingerprint density at radius 3 is 2.65 bits per heavy atom. The molecule has 0 aliphatic rings. The number of hydrogen-bond donors (Lipinski definition) is 1. The molecule has 0 radical (unpaired) electrons. The molecule has 0 spiro atoms. The summed E-state index contributed by atoms with van der Waals surface area (Å²) in [6.07, 6.45) is 0. The highest BCUT2D eigenvalue weighted by Crippen LogP contribution is 2.29. The summed E-state index contributed by atoms with van der Waals surface area (Å²) in [5.41, 5.74) is 1.06. The zero-order chi connectivity index (χ0) is 14.9. The molecule has 2 nitrogen and oxygen atoms in total. The van der Waals surface area contributed by atoms with Gasteiger partial charge >= 0.3 is 0 Å². The molecule has 0 aliphatic heterocycles. The number of nitrogens with one attached hydrogen (secondary N) is 1. The largest absolute Gasteiger partial charge is 0.320 e. The predicted molar refractivity (Wildman–Crippen MR) is 83.3 cm³/mol. The fourth-order valence-electron chi connectivity index (χ4n) is 1.61. The fraction of sp³-hybridized carbons (Fsp3) is 0.0714. The van der Waals surface area contributed by atoms with Crippen LogP contribution in [0.2, 0.25) is 10.0 Å². The van der Waals surface area contributed by atoms with Crippen molar-refractivity contribution in [3.63, 3.8) is 0 Å². The molecule has 0 atom stereocenters. The van der Waals surface area contributed by atoms with Crippen LogP contribution in [0.3, 0.4) is 0 Å². The maximum absolute atomic E-state index is 13.8. The third kappa shape index (κ3) is 3.14. The molecule has 6 heteroatoms. The van der Waals surface area contributed by atoms with Gasteiger partial charge in [-0.15, -0.1) is 0 Å². The third-order valence-corrected chi connectivity index (χ3v) is 4.03. The smallest absolute Gasteiger partial charge is 0.258 e. The SMILES string of the molecule is Cc1cc(Cl)c(NC(=O)c2cccc(Br)c2F)cc1Cl. The number of carbonyl (C=O) groups is 1. The maximum atomic E-state index is 13.8. The predicted octanol–water partition coefficient (Wildman–Crippen LogP) is 5.46. The molecule has 20 heavy (non-hydrogen) atoms. The summed E-state index contributed by atoms with van der Waals surface area (Å²) in [5, 5.41) is 3.36. The van der Waals surface area contributed by atoms with Gasteiger partial charge in [-0.25, -0.2) is 4.39 Å². The lowest BCUT2D eigenvalue weighted by Gasteiger charge is -2.10. The molecule has 2 aromatic rings. The zero-order valence-corrected chi connectivity index (χ0v) is 13.4. The van der Waals surface area contributed by atoms with E-state index < -0.39 is 11.7 Å². The maximum Gasteiger partial charge on any atom is 0.258 e. The second-order valence-electron chi connectivity index (χ2n) is 4.14. The lowest BCUT2D eigenvalue weighted by atomic mass is 10.2. The first kappa shape index (κ1) is 15.3. The van der Waals surface area contributed by atoms with Gasteiger partial charge in [0, 0.05) is 5.02 Å². The first-order valence-corrected chi connectivity index (χ1v) is 7.16. The number of amides is 1. The quantitative estimate of drug-likeness (QED) is 0.741. The molecule has 0 fully saturated rings. The van der Waals surface area contributed by atoms with Gasteiger partial charge in [0.15, 0.2) is 0 Å². The minimum absolute atomic E-state index is 0.0767. The van der Waals surface area contributed by atoms with Gasteiger partial charge in [0.25, 0.3) is 5.91 Å². The minimum Gasteiger partial charge on any atom is -0.320 e. The molecule has 2 aromatic carbocycles. The summed E-state index contributed by atoms with van der Waals surface area (Å²) in [5.74, 6) is -1.22. The van der Waals surface area contributed by atoms with Crippen LogP contribution in [0, 0.1) is 12.7 Å². The number of benzene rings is 2. The number of carbonyl (C=O) groups excluding carboxylic acids is 1. The Morgan fingerprint density at radius 2 is 1.95 bits per heavy atom. The highest BCUT2D eigenvalue weighted by molar-refractivity contribution is 9.10. The molecule has 0 saturated heterocycles. The minimum atomic E-state index is -0.626. The van der Waals surface area contributed by atoms with E-state index in [2.05, 4.69) is 21.2 Å². The van der Waals surface area contributed by atoms with Crippen LogP contribution in [0.4, 0.5) is 10.1 Å². The highest BCUT2D eigenvalue weighted by Gasteiger charge is 2.15. The summed E-state index contributed by atoms with van der Waals surface area (Å²) in [4.78, 5) is 12.1. The number of rotatable bonds is 2. The van der Waals surface area contributed by atoms with Gasteiger partial charge in [-0.3, -0.25) is 4.79 Å². The topological polar surface area (TPSA) is 29.1 Å². The Hall–Kier alpha value is -1.10. The van der Waals surface area contributed by atoms with Crippen molar-refractivity contribution in [2.24, 2.45) is 0 Å². The van der Waals surface area contributed by atoms with Gasteiger partial charge in [0.1, 0.15) is 5.82 Å². The standard InChI is InChI=1S/C14H9BrCl2FNO/c1-7-5-11(17)12(6-10(7)16)19-14(20)8-3-2-4-9(15)13(8)18/h2-6H,1H3,(H,19,20). The van der Waals surface area contributed by atoms with Gasteiger partial charge in [-0.1, -0.05) is 29.3 Å². The molecule has 0 aromatic heterocycles. The summed E-state index contributed by atoms with van der Waals surface area (Å²) < 4.78 is 14.1. The fourth-order valence-corrected chi connectivity index (χ4v) is 2.41. The van der Waals surface area contributed by atoms with Crippen molar-refractivity contribution in [3.8, 4) is 0 Å². The second-order valence-corrected chi connectivity index (χ2v) is 5.81. The Labute approximate surface area is 134 Å². The first-order chi connectivity index (χ1) is 9.40. The second kappa shape index (κ2) is 6.12. The molecule has 1 N–H and O–H groups in total. The number of aryl methyl sites for hydroxylation is 1. The van der Waals surface area contributed by atoms with Crippen molar-refractivity contribution in [1.29, 1.82) is 0 Å². The molecule has 0 bridgehead atoms. The number of anilines is 1. The molecule has 0 heterocycles. The molecular formula is C14H9BrCl2FNO. The monoisotopic (exact) mass is 375 g/mol. The van der Waals surface area contributed by atoms with Gasteiger partial charge in [-0.05, 0) is 52.7 Å². The third-order valence-electron chi connectivity index (χ3n) is 2.69. The van der Waals surface area contributed by atoms with Crippen LogP contribution in [0.15, 0.2) is 34.8 Å². The number of halogens is 4. The van der Waals surface area contributed by atoms with Gasteiger partial charge in [-0.2, -0.15) is 0 Å². The molecule has 0 saturated carbocycles. The summed E-state index contributed by atoms with van der Waals surface area (Å²) in [6.45, 7) is 1.80. The Balaban J connectivity index is 2.33. The van der Waals surface area contributed by atoms with E-state index in [4.69, 9.17) is 23.2 Å². The Bertz CT molecular complexity index is 691. The van der Waals surface area contributed by atoms with Gasteiger partial charge < -0.3 is 5.32 Å². The van der Waals surface area contributed by atoms with E-state index in [1.165, 1.54) is 18.2 Å². The summed E-state index contributed by atoms with van der Waals surface area (Å²) in [6, 6.07) is 7.65. The molecule has 2 rings (SSSR count). The van der Waals surface area contributed by atoms with E-state index >= 15 is 0 Å². The Morgan fingerprint density at radius 1 is 1.25 bits per heavy atom. The van der Waals surface area contributed by atoms with Crippen LogP contribution >= 0.6 is 39.1 Å². The highest BCUT2D eigenvalue weighted by atomic mass is 79.9. The van der Waals surface area contributed by atoms with Crippen LogP contribution < -0.4 is 5.32 Å².